The molecule has 2 aromatic heterocycles. The van der Waals surface area contributed by atoms with Gasteiger partial charge in [0.2, 0.25) is 0 Å². The van der Waals surface area contributed by atoms with Gasteiger partial charge < -0.3 is 5.32 Å². The average molecular weight is 365 g/mol. The van der Waals surface area contributed by atoms with Crippen LogP contribution >= 0.6 is 27.5 Å². The van der Waals surface area contributed by atoms with Gasteiger partial charge in [-0.2, -0.15) is 15.4 Å². The van der Waals surface area contributed by atoms with Crippen LogP contribution in [0, 0.1) is 0 Å². The van der Waals surface area contributed by atoms with Crippen LogP contribution in [0.3, 0.4) is 0 Å². The lowest BCUT2D eigenvalue weighted by molar-refractivity contribution is 0.911. The van der Waals surface area contributed by atoms with Gasteiger partial charge in [0.1, 0.15) is 11.4 Å². The van der Waals surface area contributed by atoms with E-state index in [-0.39, 0.29) is 0 Å². The number of nitrogens with one attached hydrogen (secondary N) is 2. The van der Waals surface area contributed by atoms with Gasteiger partial charge in [-0.1, -0.05) is 41.9 Å². The van der Waals surface area contributed by atoms with Crippen LogP contribution in [-0.4, -0.2) is 20.4 Å². The summed E-state index contributed by atoms with van der Waals surface area (Å²) in [4.78, 5) is 4.07. The normalized spacial score (nSPS) is 10.6. The number of aromatic nitrogens is 4. The Balaban J connectivity index is 1.81. The van der Waals surface area contributed by atoms with Crippen molar-refractivity contribution in [1.82, 2.24) is 20.4 Å². The Labute approximate surface area is 134 Å². The second kappa shape index (κ2) is 6.24. The first-order chi connectivity index (χ1) is 10.2. The number of H-pyrrole nitrogens is 1. The zero-order chi connectivity index (χ0) is 14.7. The fourth-order valence-corrected chi connectivity index (χ4v) is 2.43. The van der Waals surface area contributed by atoms with Gasteiger partial charge in [-0.15, -0.1) is 0 Å². The fraction of sp³-hybridized carbons (Fsp3) is 0.0714. The topological polar surface area (TPSA) is 66.5 Å². The summed E-state index contributed by atoms with van der Waals surface area (Å²) < 4.78 is 0.859. The highest BCUT2D eigenvalue weighted by atomic mass is 79.9. The van der Waals surface area contributed by atoms with E-state index in [0.29, 0.717) is 11.7 Å². The van der Waals surface area contributed by atoms with E-state index in [2.05, 4.69) is 41.6 Å². The molecule has 2 heterocycles. The molecule has 0 spiro atoms. The van der Waals surface area contributed by atoms with Gasteiger partial charge in [0.25, 0.3) is 0 Å². The van der Waals surface area contributed by atoms with E-state index in [4.69, 9.17) is 11.6 Å². The zero-order valence-electron chi connectivity index (χ0n) is 10.8. The van der Waals surface area contributed by atoms with Crippen molar-refractivity contribution in [3.05, 3.63) is 57.9 Å². The van der Waals surface area contributed by atoms with Crippen molar-refractivity contribution in [3.63, 3.8) is 0 Å². The predicted octanol–water partition coefficient (Wildman–Crippen LogP) is 3.89. The molecular formula is C14H11BrClN5. The van der Waals surface area contributed by atoms with Gasteiger partial charge in [0.05, 0.1) is 12.2 Å². The molecular weight excluding hydrogens is 354 g/mol. The van der Waals surface area contributed by atoms with Crippen molar-refractivity contribution in [3.8, 4) is 11.3 Å². The molecule has 0 aliphatic carbocycles. The van der Waals surface area contributed by atoms with Crippen LogP contribution in [0.4, 0.5) is 5.69 Å². The van der Waals surface area contributed by atoms with Crippen molar-refractivity contribution in [2.45, 2.75) is 6.54 Å². The second-order valence-electron chi connectivity index (χ2n) is 4.33. The summed E-state index contributed by atoms with van der Waals surface area (Å²) >= 11 is 9.43. The Morgan fingerprint density at radius 2 is 2.00 bits per heavy atom. The van der Waals surface area contributed by atoms with Crippen molar-refractivity contribution >= 4 is 33.2 Å². The number of rotatable bonds is 4. The van der Waals surface area contributed by atoms with E-state index >= 15 is 0 Å². The molecule has 3 aromatic rings. The fourth-order valence-electron chi connectivity index (χ4n) is 1.93. The van der Waals surface area contributed by atoms with Crippen LogP contribution in [0.15, 0.2) is 47.1 Å². The van der Waals surface area contributed by atoms with Crippen molar-refractivity contribution in [2.75, 3.05) is 5.32 Å². The molecule has 7 heteroatoms. The van der Waals surface area contributed by atoms with Crippen LogP contribution in [0.5, 0.6) is 0 Å². The van der Waals surface area contributed by atoms with Gasteiger partial charge in [-0.25, -0.2) is 4.98 Å². The molecule has 0 unspecified atom stereocenters. The maximum Gasteiger partial charge on any atom is 0.152 e. The molecule has 0 saturated heterocycles. The lowest BCUT2D eigenvalue weighted by Gasteiger charge is -2.07. The number of hydrogen-bond acceptors (Lipinski definition) is 4. The van der Waals surface area contributed by atoms with Crippen molar-refractivity contribution in [2.24, 2.45) is 0 Å². The molecule has 0 saturated carbocycles. The third kappa shape index (κ3) is 3.22. The molecule has 0 bridgehead atoms. The smallest absolute Gasteiger partial charge is 0.152 e. The maximum atomic E-state index is 6.05. The summed E-state index contributed by atoms with van der Waals surface area (Å²) in [6, 6.07) is 11.8. The molecule has 0 radical (unpaired) electrons. The quantitative estimate of drug-likeness (QED) is 0.689. The zero-order valence-corrected chi connectivity index (χ0v) is 13.2. The largest absolute Gasteiger partial charge is 0.377 e. The van der Waals surface area contributed by atoms with Crippen LogP contribution in [-0.2, 0) is 6.54 Å². The van der Waals surface area contributed by atoms with Gasteiger partial charge in [0, 0.05) is 16.2 Å². The first-order valence-corrected chi connectivity index (χ1v) is 7.41. The third-order valence-electron chi connectivity index (χ3n) is 2.92. The molecule has 0 fully saturated rings. The number of nitrogens with zero attached hydrogens (tertiary/aromatic N) is 3. The molecule has 3 rings (SSSR count). The van der Waals surface area contributed by atoms with Gasteiger partial charge in [-0.3, -0.25) is 0 Å². The monoisotopic (exact) mass is 363 g/mol. The van der Waals surface area contributed by atoms with Gasteiger partial charge in [-0.05, 0) is 22.0 Å². The predicted molar refractivity (Wildman–Crippen MR) is 86.1 cm³/mol. The Bertz CT molecular complexity index is 744. The highest BCUT2D eigenvalue weighted by Crippen LogP contribution is 2.25. The molecule has 5 nitrogen and oxygen atoms in total. The van der Waals surface area contributed by atoms with Crippen LogP contribution < -0.4 is 5.32 Å². The van der Waals surface area contributed by atoms with E-state index in [9.17, 15) is 0 Å². The highest BCUT2D eigenvalue weighted by Gasteiger charge is 2.10. The second-order valence-corrected chi connectivity index (χ2v) is 5.60. The third-order valence-corrected chi connectivity index (χ3v) is 3.65. The molecule has 1 aromatic carbocycles. The minimum atomic E-state index is 0.419. The molecule has 0 aliphatic heterocycles. The molecule has 2 N–H and O–H groups in total. The van der Waals surface area contributed by atoms with Crippen molar-refractivity contribution in [1.29, 1.82) is 0 Å². The number of anilines is 1. The number of halogens is 2. The molecule has 21 heavy (non-hydrogen) atoms. The number of hydrogen-bond donors (Lipinski definition) is 2. The Hall–Kier alpha value is -1.92. The Kier molecular flexibility index (Phi) is 4.17. The van der Waals surface area contributed by atoms with Crippen LogP contribution in [0.2, 0.25) is 5.15 Å². The summed E-state index contributed by atoms with van der Waals surface area (Å²) in [5.74, 6) is 0. The summed E-state index contributed by atoms with van der Waals surface area (Å²) in [6.07, 6.45) is 1.65. The average Bonchev–Trinajstić information content (AvgIpc) is 2.97. The standard InChI is InChI=1S/C14H11BrClN5/c15-10-6-11(14(16)18-7-10)17-8-12-13(20-21-19-12)9-4-2-1-3-5-9/h1-7,17H,8H2,(H,19,20,21). The number of pyridine rings is 1. The molecule has 0 amide bonds. The minimum absolute atomic E-state index is 0.419. The SMILES string of the molecule is Clc1ncc(Br)cc1NCc1n[nH]nc1-c1ccccc1. The summed E-state index contributed by atoms with van der Waals surface area (Å²) in [5, 5.41) is 14.7. The van der Waals surface area contributed by atoms with Gasteiger partial charge in [0.15, 0.2) is 5.15 Å². The molecule has 106 valence electrons. The first-order valence-electron chi connectivity index (χ1n) is 6.24. The summed E-state index contributed by atoms with van der Waals surface area (Å²) in [7, 11) is 0. The number of benzene rings is 1. The van der Waals surface area contributed by atoms with E-state index in [0.717, 1.165) is 27.1 Å². The lowest BCUT2D eigenvalue weighted by atomic mass is 10.1. The summed E-state index contributed by atoms with van der Waals surface area (Å²) in [5.41, 5.74) is 3.40. The van der Waals surface area contributed by atoms with Gasteiger partial charge >= 0.3 is 0 Å². The van der Waals surface area contributed by atoms with Crippen LogP contribution in [0.1, 0.15) is 5.69 Å². The van der Waals surface area contributed by atoms with E-state index < -0.39 is 0 Å². The van der Waals surface area contributed by atoms with E-state index in [1.54, 1.807) is 6.20 Å². The maximum absolute atomic E-state index is 6.05. The lowest BCUT2D eigenvalue weighted by Crippen LogP contribution is -2.02. The Morgan fingerprint density at radius 1 is 1.19 bits per heavy atom. The Morgan fingerprint density at radius 3 is 2.81 bits per heavy atom. The number of aromatic amines is 1. The first kappa shape index (κ1) is 14.0. The summed E-state index contributed by atoms with van der Waals surface area (Å²) in [6.45, 7) is 0.499. The molecule has 0 aliphatic rings. The molecule has 0 atom stereocenters. The van der Waals surface area contributed by atoms with E-state index in [1.165, 1.54) is 0 Å². The minimum Gasteiger partial charge on any atom is -0.377 e. The van der Waals surface area contributed by atoms with Crippen LogP contribution in [0.25, 0.3) is 11.3 Å². The highest BCUT2D eigenvalue weighted by molar-refractivity contribution is 9.10. The van der Waals surface area contributed by atoms with E-state index in [1.807, 2.05) is 36.4 Å². The van der Waals surface area contributed by atoms with Crippen molar-refractivity contribution < 1.29 is 0 Å².